The Hall–Kier alpha value is -1.20. The summed E-state index contributed by atoms with van der Waals surface area (Å²) in [5.41, 5.74) is 6.05. The molecule has 0 saturated heterocycles. The maximum Gasteiger partial charge on any atom is 0.274 e. The van der Waals surface area contributed by atoms with Crippen LogP contribution in [0.1, 0.15) is 44.2 Å². The van der Waals surface area contributed by atoms with Gasteiger partial charge in [-0.15, -0.1) is 12.4 Å². The fourth-order valence-corrected chi connectivity index (χ4v) is 1.76. The summed E-state index contributed by atoms with van der Waals surface area (Å²) in [6, 6.07) is 2.94. The summed E-state index contributed by atoms with van der Waals surface area (Å²) in [6.45, 7) is 2.07. The van der Waals surface area contributed by atoms with Crippen LogP contribution >= 0.6 is 12.4 Å². The van der Waals surface area contributed by atoms with Gasteiger partial charge in [-0.2, -0.15) is 0 Å². The minimum absolute atomic E-state index is 0. The molecule has 1 rings (SSSR count). The van der Waals surface area contributed by atoms with Crippen molar-refractivity contribution in [3.63, 3.8) is 0 Å². The lowest BCUT2D eigenvalue weighted by Crippen LogP contribution is -2.12. The summed E-state index contributed by atoms with van der Waals surface area (Å²) in [7, 11) is 0. The third kappa shape index (κ3) is 4.58. The van der Waals surface area contributed by atoms with E-state index in [1.165, 1.54) is 6.07 Å². The summed E-state index contributed by atoms with van der Waals surface area (Å²) < 4.78 is 13.1. The third-order valence-electron chi connectivity index (χ3n) is 2.70. The van der Waals surface area contributed by atoms with Crippen molar-refractivity contribution in [2.45, 2.75) is 38.6 Å². The molecule has 0 fully saturated rings. The zero-order valence-electron chi connectivity index (χ0n) is 10.3. The van der Waals surface area contributed by atoms with Crippen molar-refractivity contribution in [3.05, 3.63) is 39.7 Å². The average molecular weight is 277 g/mol. The van der Waals surface area contributed by atoms with E-state index in [-0.39, 0.29) is 23.7 Å². The van der Waals surface area contributed by atoms with E-state index in [4.69, 9.17) is 5.73 Å². The van der Waals surface area contributed by atoms with Crippen LogP contribution in [0.5, 0.6) is 0 Å². The molecule has 1 atom stereocenters. The third-order valence-corrected chi connectivity index (χ3v) is 2.70. The van der Waals surface area contributed by atoms with Crippen molar-refractivity contribution in [1.82, 2.24) is 0 Å². The second-order valence-corrected chi connectivity index (χ2v) is 4.06. The number of nitro benzene ring substituents is 1. The van der Waals surface area contributed by atoms with Gasteiger partial charge in [0, 0.05) is 17.7 Å². The Morgan fingerprint density at radius 3 is 2.67 bits per heavy atom. The summed E-state index contributed by atoms with van der Waals surface area (Å²) in [6.07, 6.45) is 3.61. The van der Waals surface area contributed by atoms with Gasteiger partial charge < -0.3 is 5.73 Å². The van der Waals surface area contributed by atoms with Gasteiger partial charge in [0.2, 0.25) is 0 Å². The van der Waals surface area contributed by atoms with E-state index < -0.39 is 16.8 Å². The second-order valence-electron chi connectivity index (χ2n) is 4.06. The minimum Gasteiger partial charge on any atom is -0.324 e. The lowest BCUT2D eigenvalue weighted by atomic mass is 9.99. The first-order valence-corrected chi connectivity index (χ1v) is 5.75. The molecule has 0 aliphatic heterocycles. The molecule has 0 aliphatic rings. The number of halogens is 2. The van der Waals surface area contributed by atoms with E-state index in [0.29, 0.717) is 6.42 Å². The molecule has 0 saturated carbocycles. The molecule has 0 aromatic heterocycles. The number of benzene rings is 1. The molecule has 1 aromatic carbocycles. The Morgan fingerprint density at radius 2 is 2.11 bits per heavy atom. The average Bonchev–Trinajstić information content (AvgIpc) is 2.28. The molecule has 102 valence electrons. The van der Waals surface area contributed by atoms with Crippen molar-refractivity contribution in [3.8, 4) is 0 Å². The van der Waals surface area contributed by atoms with Gasteiger partial charge in [-0.3, -0.25) is 10.1 Å². The molecule has 1 aromatic rings. The number of nitrogens with two attached hydrogens (primary N) is 1. The zero-order chi connectivity index (χ0) is 12.8. The van der Waals surface area contributed by atoms with E-state index in [1.54, 1.807) is 0 Å². The molecule has 4 nitrogen and oxygen atoms in total. The first kappa shape index (κ1) is 16.8. The predicted octanol–water partition coefficient (Wildman–Crippen LogP) is 3.74. The molecule has 6 heteroatoms. The van der Waals surface area contributed by atoms with Crippen molar-refractivity contribution in [2.75, 3.05) is 0 Å². The molecular formula is C12H18ClFN2O2. The molecule has 0 spiro atoms. The normalized spacial score (nSPS) is 11.7. The van der Waals surface area contributed by atoms with Crippen molar-refractivity contribution < 1.29 is 9.31 Å². The summed E-state index contributed by atoms with van der Waals surface area (Å²) in [4.78, 5) is 10.3. The quantitative estimate of drug-likeness (QED) is 0.489. The van der Waals surface area contributed by atoms with Gasteiger partial charge in [0.15, 0.2) is 0 Å². The number of nitrogens with zero attached hydrogens (tertiary/aromatic N) is 1. The van der Waals surface area contributed by atoms with Gasteiger partial charge in [0.1, 0.15) is 5.82 Å². The standard InChI is InChI=1S/C12H17FN2O2.ClH/c1-2-3-4-5-11(14)10-8-9(13)6-7-12(10)15(16)17;/h6-8,11H,2-5,14H2,1H3;1H/t11-;/m1./s1. The molecule has 0 bridgehead atoms. The Balaban J connectivity index is 0.00000289. The lowest BCUT2D eigenvalue weighted by Gasteiger charge is -2.12. The Bertz CT molecular complexity index is 402. The number of nitro groups is 1. The van der Waals surface area contributed by atoms with Crippen molar-refractivity contribution >= 4 is 18.1 Å². The fourth-order valence-electron chi connectivity index (χ4n) is 1.76. The molecule has 0 radical (unpaired) electrons. The maximum absolute atomic E-state index is 13.1. The summed E-state index contributed by atoms with van der Waals surface area (Å²) in [5, 5.41) is 10.8. The molecular weight excluding hydrogens is 259 g/mol. The first-order chi connectivity index (χ1) is 8.06. The van der Waals surface area contributed by atoms with Crippen LogP contribution in [0.4, 0.5) is 10.1 Å². The highest BCUT2D eigenvalue weighted by Gasteiger charge is 2.19. The second kappa shape index (κ2) is 8.00. The van der Waals surface area contributed by atoms with Crippen LogP contribution in [-0.2, 0) is 0 Å². The van der Waals surface area contributed by atoms with E-state index >= 15 is 0 Å². The highest BCUT2D eigenvalue weighted by Crippen LogP contribution is 2.27. The molecule has 0 heterocycles. The first-order valence-electron chi connectivity index (χ1n) is 5.75. The molecule has 18 heavy (non-hydrogen) atoms. The smallest absolute Gasteiger partial charge is 0.274 e. The van der Waals surface area contributed by atoms with Gasteiger partial charge >= 0.3 is 0 Å². The Kier molecular flexibility index (Phi) is 7.47. The Labute approximate surface area is 112 Å². The van der Waals surface area contributed by atoms with Crippen LogP contribution in [-0.4, -0.2) is 4.92 Å². The molecule has 0 amide bonds. The molecule has 2 N–H and O–H groups in total. The highest BCUT2D eigenvalue weighted by molar-refractivity contribution is 5.85. The van der Waals surface area contributed by atoms with Crippen molar-refractivity contribution in [1.29, 1.82) is 0 Å². The van der Waals surface area contributed by atoms with E-state index in [9.17, 15) is 14.5 Å². The Morgan fingerprint density at radius 1 is 1.44 bits per heavy atom. The largest absolute Gasteiger partial charge is 0.324 e. The van der Waals surface area contributed by atoms with Crippen molar-refractivity contribution in [2.24, 2.45) is 5.73 Å². The van der Waals surface area contributed by atoms with Gasteiger partial charge in [0.05, 0.1) is 4.92 Å². The van der Waals surface area contributed by atoms with E-state index in [1.807, 2.05) is 0 Å². The van der Waals surface area contributed by atoms with Crippen LogP contribution in [0, 0.1) is 15.9 Å². The number of hydrogen-bond donors (Lipinski definition) is 1. The van der Waals surface area contributed by atoms with Gasteiger partial charge in [-0.25, -0.2) is 4.39 Å². The van der Waals surface area contributed by atoms with Crippen LogP contribution in [0.25, 0.3) is 0 Å². The predicted molar refractivity (Wildman–Crippen MR) is 71.4 cm³/mol. The monoisotopic (exact) mass is 276 g/mol. The van der Waals surface area contributed by atoms with Gasteiger partial charge in [0.25, 0.3) is 5.69 Å². The summed E-state index contributed by atoms with van der Waals surface area (Å²) in [5.74, 6) is -0.489. The number of unbranched alkanes of at least 4 members (excludes halogenated alkanes) is 2. The fraction of sp³-hybridized carbons (Fsp3) is 0.500. The van der Waals surface area contributed by atoms with Crippen LogP contribution in [0.3, 0.4) is 0 Å². The van der Waals surface area contributed by atoms with Crippen LogP contribution in [0.2, 0.25) is 0 Å². The molecule has 0 unspecified atom stereocenters. The maximum atomic E-state index is 13.1. The van der Waals surface area contributed by atoms with Crippen LogP contribution in [0.15, 0.2) is 18.2 Å². The van der Waals surface area contributed by atoms with Gasteiger partial charge in [-0.1, -0.05) is 26.2 Å². The number of rotatable bonds is 6. The summed E-state index contributed by atoms with van der Waals surface area (Å²) >= 11 is 0. The van der Waals surface area contributed by atoms with Crippen LogP contribution < -0.4 is 5.73 Å². The lowest BCUT2D eigenvalue weighted by molar-refractivity contribution is -0.385. The number of hydrogen-bond acceptors (Lipinski definition) is 3. The molecule has 0 aliphatic carbocycles. The SMILES string of the molecule is CCCCC[C@@H](N)c1cc(F)ccc1[N+](=O)[O-].Cl. The van der Waals surface area contributed by atoms with E-state index in [2.05, 4.69) is 6.92 Å². The van der Waals surface area contributed by atoms with E-state index in [0.717, 1.165) is 31.4 Å². The topological polar surface area (TPSA) is 69.2 Å². The minimum atomic E-state index is -0.519. The zero-order valence-corrected chi connectivity index (χ0v) is 11.1. The van der Waals surface area contributed by atoms with Gasteiger partial charge in [-0.05, 0) is 18.6 Å². The highest BCUT2D eigenvalue weighted by atomic mass is 35.5.